The van der Waals surface area contributed by atoms with Gasteiger partial charge in [-0.15, -0.1) is 0 Å². The lowest BCUT2D eigenvalue weighted by Gasteiger charge is -2.11. The van der Waals surface area contributed by atoms with Crippen molar-refractivity contribution in [2.45, 2.75) is 13.0 Å². The zero-order valence-electron chi connectivity index (χ0n) is 8.43. The summed E-state index contributed by atoms with van der Waals surface area (Å²) in [7, 11) is 1.59. The zero-order valence-corrected chi connectivity index (χ0v) is 10.8. The van der Waals surface area contributed by atoms with Crippen molar-refractivity contribution in [3.05, 3.63) is 21.4 Å². The Morgan fingerprint density at radius 3 is 2.93 bits per heavy atom. The highest BCUT2D eigenvalue weighted by Crippen LogP contribution is 2.22. The molecule has 0 saturated heterocycles. The van der Waals surface area contributed by atoms with E-state index in [9.17, 15) is 4.79 Å². The Balaban J connectivity index is 2.61. The van der Waals surface area contributed by atoms with E-state index >= 15 is 0 Å². The summed E-state index contributed by atoms with van der Waals surface area (Å²) in [4.78, 5) is 14.4. The second-order valence-corrected chi connectivity index (χ2v) is 4.37. The predicted octanol–water partition coefficient (Wildman–Crippen LogP) is 2.20. The van der Waals surface area contributed by atoms with Crippen LogP contribution in [0.4, 0.5) is 0 Å². The molecule has 0 radical (unpaired) electrons. The molecule has 1 aromatic rings. The summed E-state index contributed by atoms with van der Waals surface area (Å²) in [5.41, 5.74) is 0.426. The first-order valence-electron chi connectivity index (χ1n) is 4.38. The number of hydrogen-bond acceptors (Lipinski definition) is 2. The Morgan fingerprint density at radius 2 is 2.47 bits per heavy atom. The number of aromatic amines is 1. The van der Waals surface area contributed by atoms with Gasteiger partial charge in [0.2, 0.25) is 0 Å². The fraction of sp³-hybridized carbons (Fsp3) is 0.444. The summed E-state index contributed by atoms with van der Waals surface area (Å²) in [5, 5.41) is 3.25. The molecule has 1 heterocycles. The van der Waals surface area contributed by atoms with E-state index < -0.39 is 0 Å². The van der Waals surface area contributed by atoms with Crippen LogP contribution in [-0.4, -0.2) is 30.6 Å². The maximum Gasteiger partial charge on any atom is 0.268 e. The molecular formula is C9H12BrClN2O2. The fourth-order valence-electron chi connectivity index (χ4n) is 1.12. The third kappa shape index (κ3) is 3.52. The minimum Gasteiger partial charge on any atom is -0.383 e. The highest BCUT2D eigenvalue weighted by Gasteiger charge is 2.13. The summed E-state index contributed by atoms with van der Waals surface area (Å²) >= 11 is 8.98. The molecule has 0 aliphatic rings. The molecule has 1 aromatic heterocycles. The molecule has 1 atom stereocenters. The van der Waals surface area contributed by atoms with Gasteiger partial charge < -0.3 is 15.0 Å². The largest absolute Gasteiger partial charge is 0.383 e. The van der Waals surface area contributed by atoms with Crippen molar-refractivity contribution in [1.82, 2.24) is 10.3 Å². The molecule has 0 spiro atoms. The lowest BCUT2D eigenvalue weighted by Crippen LogP contribution is -2.35. The Morgan fingerprint density at radius 1 is 1.80 bits per heavy atom. The van der Waals surface area contributed by atoms with E-state index in [0.29, 0.717) is 21.9 Å². The Labute approximate surface area is 101 Å². The molecule has 6 heteroatoms. The van der Waals surface area contributed by atoms with Crippen LogP contribution in [0.15, 0.2) is 10.7 Å². The Hall–Kier alpha value is -0.520. The molecule has 0 saturated carbocycles. The van der Waals surface area contributed by atoms with Crippen LogP contribution in [-0.2, 0) is 4.74 Å². The van der Waals surface area contributed by atoms with Crippen LogP contribution in [0, 0.1) is 0 Å². The van der Waals surface area contributed by atoms with Crippen molar-refractivity contribution in [1.29, 1.82) is 0 Å². The molecule has 1 amide bonds. The summed E-state index contributed by atoms with van der Waals surface area (Å²) in [6.07, 6.45) is 0. The van der Waals surface area contributed by atoms with Crippen molar-refractivity contribution in [2.24, 2.45) is 0 Å². The topological polar surface area (TPSA) is 54.1 Å². The van der Waals surface area contributed by atoms with Crippen LogP contribution >= 0.6 is 27.5 Å². The van der Waals surface area contributed by atoms with Gasteiger partial charge in [0.15, 0.2) is 0 Å². The van der Waals surface area contributed by atoms with Crippen LogP contribution in [0.2, 0.25) is 5.02 Å². The van der Waals surface area contributed by atoms with Gasteiger partial charge in [0.1, 0.15) is 10.3 Å². The molecule has 0 unspecified atom stereocenters. The second kappa shape index (κ2) is 5.53. The smallest absolute Gasteiger partial charge is 0.268 e. The molecule has 0 aliphatic carbocycles. The predicted molar refractivity (Wildman–Crippen MR) is 62.3 cm³/mol. The van der Waals surface area contributed by atoms with Crippen molar-refractivity contribution in [3.8, 4) is 0 Å². The van der Waals surface area contributed by atoms with Crippen LogP contribution in [0.3, 0.4) is 0 Å². The van der Waals surface area contributed by atoms with Gasteiger partial charge in [0.25, 0.3) is 5.91 Å². The number of carbonyl (C=O) groups is 1. The van der Waals surface area contributed by atoms with Gasteiger partial charge in [-0.1, -0.05) is 11.6 Å². The van der Waals surface area contributed by atoms with Crippen LogP contribution in [0.5, 0.6) is 0 Å². The number of nitrogens with one attached hydrogen (secondary N) is 2. The molecule has 0 fully saturated rings. The number of rotatable bonds is 4. The van der Waals surface area contributed by atoms with Crippen molar-refractivity contribution in [3.63, 3.8) is 0 Å². The summed E-state index contributed by atoms with van der Waals surface area (Å²) in [5.74, 6) is -0.202. The summed E-state index contributed by atoms with van der Waals surface area (Å²) in [6.45, 7) is 2.34. The van der Waals surface area contributed by atoms with Gasteiger partial charge in [-0.05, 0) is 28.9 Å². The molecule has 0 aromatic carbocycles. The first-order valence-corrected chi connectivity index (χ1v) is 5.55. The summed E-state index contributed by atoms with van der Waals surface area (Å²) in [6, 6.07) is 1.53. The number of methoxy groups -OCH3 is 1. The Bertz CT molecular complexity index is 334. The van der Waals surface area contributed by atoms with Gasteiger partial charge in [-0.3, -0.25) is 4.79 Å². The number of amides is 1. The molecular weight excluding hydrogens is 283 g/mol. The third-order valence-electron chi connectivity index (χ3n) is 1.76. The number of H-pyrrole nitrogens is 1. The van der Waals surface area contributed by atoms with Crippen molar-refractivity contribution < 1.29 is 9.53 Å². The van der Waals surface area contributed by atoms with Crippen LogP contribution < -0.4 is 5.32 Å². The maximum absolute atomic E-state index is 11.6. The van der Waals surface area contributed by atoms with Crippen LogP contribution in [0.25, 0.3) is 0 Å². The van der Waals surface area contributed by atoms with Gasteiger partial charge in [-0.2, -0.15) is 0 Å². The van der Waals surface area contributed by atoms with Crippen LogP contribution in [0.1, 0.15) is 17.4 Å². The second-order valence-electron chi connectivity index (χ2n) is 3.17. The maximum atomic E-state index is 11.6. The van der Waals surface area contributed by atoms with Gasteiger partial charge >= 0.3 is 0 Å². The number of aromatic nitrogens is 1. The normalized spacial score (nSPS) is 12.5. The lowest BCUT2D eigenvalue weighted by atomic mass is 10.3. The first kappa shape index (κ1) is 12.5. The number of halogens is 2. The van der Waals surface area contributed by atoms with Gasteiger partial charge in [0.05, 0.1) is 11.6 Å². The minimum atomic E-state index is -0.202. The quantitative estimate of drug-likeness (QED) is 0.894. The Kier molecular flexibility index (Phi) is 4.63. The van der Waals surface area contributed by atoms with E-state index in [1.165, 1.54) is 0 Å². The number of hydrogen-bond donors (Lipinski definition) is 2. The lowest BCUT2D eigenvalue weighted by molar-refractivity contribution is 0.0901. The minimum absolute atomic E-state index is 0.0386. The molecule has 1 rings (SSSR count). The molecule has 2 N–H and O–H groups in total. The molecule has 84 valence electrons. The fourth-order valence-corrected chi connectivity index (χ4v) is 1.60. The van der Waals surface area contributed by atoms with E-state index in [-0.39, 0.29) is 11.9 Å². The third-order valence-corrected chi connectivity index (χ3v) is 2.92. The first-order chi connectivity index (χ1) is 7.04. The monoisotopic (exact) mass is 294 g/mol. The average molecular weight is 296 g/mol. The van der Waals surface area contributed by atoms with E-state index in [4.69, 9.17) is 16.3 Å². The number of carbonyl (C=O) groups excluding carboxylic acids is 1. The molecule has 0 bridgehead atoms. The van der Waals surface area contributed by atoms with E-state index in [2.05, 4.69) is 26.2 Å². The van der Waals surface area contributed by atoms with E-state index in [0.717, 1.165) is 0 Å². The highest BCUT2D eigenvalue weighted by molar-refractivity contribution is 9.10. The SMILES string of the molecule is COC[C@H](C)NC(=O)c1cc(Cl)c(Br)[nH]1. The van der Waals surface area contributed by atoms with Gasteiger partial charge in [-0.25, -0.2) is 0 Å². The van der Waals surface area contributed by atoms with Gasteiger partial charge in [0, 0.05) is 13.2 Å². The number of ether oxygens (including phenoxy) is 1. The molecule has 4 nitrogen and oxygen atoms in total. The van der Waals surface area contributed by atoms with E-state index in [1.54, 1.807) is 13.2 Å². The zero-order chi connectivity index (χ0) is 11.4. The van der Waals surface area contributed by atoms with Crippen molar-refractivity contribution in [2.75, 3.05) is 13.7 Å². The summed E-state index contributed by atoms with van der Waals surface area (Å²) < 4.78 is 5.51. The average Bonchev–Trinajstić information content (AvgIpc) is 2.47. The standard InChI is InChI=1S/C9H12BrClN2O2/c1-5(4-15-2)12-9(14)7-3-6(11)8(10)13-7/h3,5,13H,4H2,1-2H3,(H,12,14)/t5-/m0/s1. The molecule has 15 heavy (non-hydrogen) atoms. The highest BCUT2D eigenvalue weighted by atomic mass is 79.9. The molecule has 0 aliphatic heterocycles. The van der Waals surface area contributed by atoms with E-state index in [1.807, 2.05) is 6.92 Å². The van der Waals surface area contributed by atoms with Crippen molar-refractivity contribution >= 4 is 33.4 Å².